The van der Waals surface area contributed by atoms with Gasteiger partial charge in [-0.25, -0.2) is 0 Å². The van der Waals surface area contributed by atoms with Gasteiger partial charge in [-0.15, -0.1) is 0 Å². The van der Waals surface area contributed by atoms with Crippen LogP contribution in [0.2, 0.25) is 0 Å². The van der Waals surface area contributed by atoms with Crippen LogP contribution in [-0.2, 0) is 14.3 Å². The molecule has 2 atom stereocenters. The van der Waals surface area contributed by atoms with Crippen molar-refractivity contribution in [1.82, 2.24) is 5.32 Å². The van der Waals surface area contributed by atoms with Crippen LogP contribution in [0.25, 0.3) is 0 Å². The lowest BCUT2D eigenvalue weighted by Gasteiger charge is -2.09. The number of hydrogen-bond acceptors (Lipinski definition) is 5. The van der Waals surface area contributed by atoms with Gasteiger partial charge in [0.05, 0.1) is 12.7 Å². The molecule has 2 N–H and O–H groups in total. The van der Waals surface area contributed by atoms with Crippen LogP contribution in [0.4, 0.5) is 0 Å². The molecule has 0 aromatic carbocycles. The maximum atomic E-state index is 11.3. The molecule has 0 saturated carbocycles. The molecule has 14 heavy (non-hydrogen) atoms. The highest BCUT2D eigenvalue weighted by Gasteiger charge is 2.28. The van der Waals surface area contributed by atoms with Crippen molar-refractivity contribution in [2.75, 3.05) is 26.9 Å². The van der Waals surface area contributed by atoms with Crippen LogP contribution in [0.5, 0.6) is 0 Å². The second-order valence-corrected chi connectivity index (χ2v) is 3.36. The Morgan fingerprint density at radius 2 is 2.36 bits per heavy atom. The van der Waals surface area contributed by atoms with Gasteiger partial charge in [-0.05, 0) is 0 Å². The summed E-state index contributed by atoms with van der Waals surface area (Å²) in [7, 11) is 1.61. The number of rotatable bonds is 5. The average molecular weight is 203 g/mol. The molecule has 0 spiro atoms. The van der Waals surface area contributed by atoms with Gasteiger partial charge in [0.15, 0.2) is 0 Å². The van der Waals surface area contributed by atoms with Gasteiger partial charge in [-0.2, -0.15) is 0 Å². The van der Waals surface area contributed by atoms with Gasteiger partial charge in [0.2, 0.25) is 0 Å². The molecule has 1 rings (SSSR count). The fraction of sp³-hybridized carbons (Fsp3) is 0.889. The molecule has 1 fully saturated rings. The summed E-state index contributed by atoms with van der Waals surface area (Å²) < 4.78 is 9.80. The minimum Gasteiger partial charge on any atom is -0.464 e. The molecule has 0 aromatic heterocycles. The van der Waals surface area contributed by atoms with Gasteiger partial charge in [0.25, 0.3) is 0 Å². The van der Waals surface area contributed by atoms with Crippen molar-refractivity contribution in [3.63, 3.8) is 0 Å². The lowest BCUT2D eigenvalue weighted by molar-refractivity contribution is -0.146. The second-order valence-electron chi connectivity index (χ2n) is 3.36. The number of esters is 1. The fourth-order valence-corrected chi connectivity index (χ4v) is 1.37. The van der Waals surface area contributed by atoms with Crippen LogP contribution >= 0.6 is 0 Å². The zero-order valence-electron chi connectivity index (χ0n) is 8.36. The lowest BCUT2D eigenvalue weighted by atomic mass is 10.2. The standard InChI is InChI=1S/C9H17NO4/c1-13-3-2-4-14-9(12)8-5-7(11)6-10-8/h7-8,10-11H,2-6H2,1H3/t7?,8-/m0/s1. The summed E-state index contributed by atoms with van der Waals surface area (Å²) in [6.45, 7) is 1.44. The quantitative estimate of drug-likeness (QED) is 0.456. The van der Waals surface area contributed by atoms with Crippen molar-refractivity contribution >= 4 is 5.97 Å². The number of β-amino-alcohol motifs (C(OH)–C–C–N with tert-alkyl or cyclic N) is 1. The molecule has 1 aliphatic rings. The van der Waals surface area contributed by atoms with E-state index in [1.54, 1.807) is 7.11 Å². The van der Waals surface area contributed by atoms with Crippen molar-refractivity contribution in [2.24, 2.45) is 0 Å². The van der Waals surface area contributed by atoms with E-state index < -0.39 is 6.10 Å². The number of aliphatic hydroxyl groups is 1. The Bertz CT molecular complexity index is 186. The number of carbonyl (C=O) groups is 1. The molecule has 0 aliphatic carbocycles. The van der Waals surface area contributed by atoms with E-state index in [2.05, 4.69) is 5.32 Å². The topological polar surface area (TPSA) is 67.8 Å². The Hall–Kier alpha value is -0.650. The summed E-state index contributed by atoms with van der Waals surface area (Å²) in [5.41, 5.74) is 0. The summed E-state index contributed by atoms with van der Waals surface area (Å²) in [5.74, 6) is -0.280. The summed E-state index contributed by atoms with van der Waals surface area (Å²) in [6, 6.07) is -0.340. The number of nitrogens with one attached hydrogen (secondary N) is 1. The first kappa shape index (κ1) is 11.4. The molecule has 5 heteroatoms. The van der Waals surface area contributed by atoms with E-state index in [1.165, 1.54) is 0 Å². The van der Waals surface area contributed by atoms with E-state index >= 15 is 0 Å². The van der Waals surface area contributed by atoms with Crippen molar-refractivity contribution in [2.45, 2.75) is 25.0 Å². The summed E-state index contributed by atoms with van der Waals surface area (Å²) >= 11 is 0. The lowest BCUT2D eigenvalue weighted by Crippen LogP contribution is -2.32. The highest BCUT2D eigenvalue weighted by Crippen LogP contribution is 2.07. The molecule has 82 valence electrons. The monoisotopic (exact) mass is 203 g/mol. The number of hydrogen-bond donors (Lipinski definition) is 2. The molecular formula is C9H17NO4. The largest absolute Gasteiger partial charge is 0.464 e. The van der Waals surface area contributed by atoms with Gasteiger partial charge < -0.3 is 19.9 Å². The predicted molar refractivity (Wildman–Crippen MR) is 49.9 cm³/mol. The van der Waals surface area contributed by atoms with Crippen LogP contribution in [0.3, 0.4) is 0 Å². The Kier molecular flexibility index (Phi) is 4.86. The minimum absolute atomic E-state index is 0.280. The first-order valence-electron chi connectivity index (χ1n) is 4.81. The Labute approximate surface area is 83.4 Å². The van der Waals surface area contributed by atoms with E-state index in [-0.39, 0.29) is 12.0 Å². The number of aliphatic hydroxyl groups excluding tert-OH is 1. The fourth-order valence-electron chi connectivity index (χ4n) is 1.37. The Morgan fingerprint density at radius 1 is 1.57 bits per heavy atom. The number of carbonyl (C=O) groups excluding carboxylic acids is 1. The van der Waals surface area contributed by atoms with Crippen molar-refractivity contribution in [1.29, 1.82) is 0 Å². The number of methoxy groups -OCH3 is 1. The molecule has 1 heterocycles. The van der Waals surface area contributed by atoms with Crippen LogP contribution < -0.4 is 5.32 Å². The molecule has 0 aromatic rings. The average Bonchev–Trinajstić information content (AvgIpc) is 2.59. The van der Waals surface area contributed by atoms with Gasteiger partial charge in [-0.3, -0.25) is 4.79 Å². The van der Waals surface area contributed by atoms with Crippen molar-refractivity contribution < 1.29 is 19.4 Å². The highest BCUT2D eigenvalue weighted by atomic mass is 16.5. The second kappa shape index (κ2) is 5.95. The Morgan fingerprint density at radius 3 is 2.93 bits per heavy atom. The molecule has 0 amide bonds. The maximum Gasteiger partial charge on any atom is 0.323 e. The normalized spacial score (nSPS) is 26.4. The molecule has 5 nitrogen and oxygen atoms in total. The van der Waals surface area contributed by atoms with Crippen molar-refractivity contribution in [3.05, 3.63) is 0 Å². The molecule has 0 radical (unpaired) electrons. The smallest absolute Gasteiger partial charge is 0.323 e. The van der Waals surface area contributed by atoms with E-state index in [9.17, 15) is 4.79 Å². The molecular weight excluding hydrogens is 186 g/mol. The van der Waals surface area contributed by atoms with Crippen LogP contribution in [0.15, 0.2) is 0 Å². The molecule has 1 unspecified atom stereocenters. The van der Waals surface area contributed by atoms with Gasteiger partial charge >= 0.3 is 5.97 Å². The maximum absolute atomic E-state index is 11.3. The van der Waals surface area contributed by atoms with E-state index in [4.69, 9.17) is 14.6 Å². The summed E-state index contributed by atoms with van der Waals surface area (Å²) in [4.78, 5) is 11.3. The van der Waals surface area contributed by atoms with Gasteiger partial charge in [0.1, 0.15) is 6.04 Å². The van der Waals surface area contributed by atoms with Gasteiger partial charge in [-0.1, -0.05) is 0 Å². The molecule has 1 saturated heterocycles. The minimum atomic E-state index is -0.425. The first-order valence-corrected chi connectivity index (χ1v) is 4.81. The highest BCUT2D eigenvalue weighted by molar-refractivity contribution is 5.76. The van der Waals surface area contributed by atoms with Crippen LogP contribution in [-0.4, -0.2) is 50.1 Å². The zero-order chi connectivity index (χ0) is 10.4. The molecule has 1 aliphatic heterocycles. The van der Waals surface area contributed by atoms with Crippen LogP contribution in [0.1, 0.15) is 12.8 Å². The zero-order valence-corrected chi connectivity index (χ0v) is 8.36. The van der Waals surface area contributed by atoms with E-state index in [0.717, 1.165) is 0 Å². The third kappa shape index (κ3) is 3.61. The number of ether oxygens (including phenoxy) is 2. The van der Waals surface area contributed by atoms with Gasteiger partial charge in [0, 0.05) is 33.1 Å². The summed E-state index contributed by atoms with van der Waals surface area (Å²) in [6.07, 6.45) is 0.729. The summed E-state index contributed by atoms with van der Waals surface area (Å²) in [5, 5.41) is 12.1. The predicted octanol–water partition coefficient (Wildman–Crippen LogP) is -0.711. The van der Waals surface area contributed by atoms with E-state index in [1.807, 2.05) is 0 Å². The first-order chi connectivity index (χ1) is 6.74. The Balaban J connectivity index is 2.09. The SMILES string of the molecule is COCCCOC(=O)[C@@H]1CC(O)CN1. The van der Waals surface area contributed by atoms with Crippen molar-refractivity contribution in [3.8, 4) is 0 Å². The van der Waals surface area contributed by atoms with E-state index in [0.29, 0.717) is 32.6 Å². The molecule has 0 bridgehead atoms. The third-order valence-corrected chi connectivity index (χ3v) is 2.13. The van der Waals surface area contributed by atoms with Crippen LogP contribution in [0, 0.1) is 0 Å². The third-order valence-electron chi connectivity index (χ3n) is 2.13.